The van der Waals surface area contributed by atoms with E-state index in [1.165, 1.54) is 4.90 Å². The number of aromatic nitrogens is 1. The molecule has 0 saturated carbocycles. The fourth-order valence-corrected chi connectivity index (χ4v) is 5.54. The van der Waals surface area contributed by atoms with Crippen LogP contribution >= 0.6 is 0 Å². The topological polar surface area (TPSA) is 94.7 Å². The number of amides is 4. The third-order valence-electron chi connectivity index (χ3n) is 7.42. The SMILES string of the molecule is COCCNC(=O)c1ccc(N2C(=O)[C@@H]3Cc4c([nH]c5ccccc45)C(c4ccc(C)cc4)N3C2=O)cc1. The lowest BCUT2D eigenvalue weighted by Crippen LogP contribution is -2.44. The number of H-pyrrole nitrogens is 1. The Morgan fingerprint density at radius 3 is 2.50 bits per heavy atom. The van der Waals surface area contributed by atoms with Crippen LogP contribution in [0.4, 0.5) is 10.5 Å². The van der Waals surface area contributed by atoms with E-state index in [0.717, 1.165) is 33.3 Å². The molecular formula is C30H28N4O4. The van der Waals surface area contributed by atoms with Crippen LogP contribution in [-0.4, -0.2) is 54.0 Å². The molecule has 8 nitrogen and oxygen atoms in total. The van der Waals surface area contributed by atoms with Gasteiger partial charge in [-0.1, -0.05) is 48.0 Å². The molecule has 2 aliphatic rings. The van der Waals surface area contributed by atoms with Gasteiger partial charge in [-0.25, -0.2) is 9.69 Å². The van der Waals surface area contributed by atoms with Crippen LogP contribution in [0.15, 0.2) is 72.8 Å². The maximum Gasteiger partial charge on any atom is 0.332 e. The van der Waals surface area contributed by atoms with Crippen molar-refractivity contribution >= 4 is 34.4 Å². The molecule has 0 aliphatic carbocycles. The number of hydrogen-bond acceptors (Lipinski definition) is 4. The Morgan fingerprint density at radius 1 is 1.03 bits per heavy atom. The van der Waals surface area contributed by atoms with Crippen LogP contribution in [0.2, 0.25) is 0 Å². The van der Waals surface area contributed by atoms with Gasteiger partial charge in [0, 0.05) is 42.2 Å². The number of hydrogen-bond donors (Lipinski definition) is 2. The van der Waals surface area contributed by atoms with Crippen molar-refractivity contribution in [1.29, 1.82) is 0 Å². The minimum atomic E-state index is -0.627. The maximum atomic E-state index is 13.9. The van der Waals surface area contributed by atoms with E-state index >= 15 is 0 Å². The molecule has 1 unspecified atom stereocenters. The highest BCUT2D eigenvalue weighted by Crippen LogP contribution is 2.44. The van der Waals surface area contributed by atoms with Gasteiger partial charge in [-0.2, -0.15) is 0 Å². The number of para-hydroxylation sites is 1. The molecule has 1 aromatic heterocycles. The lowest BCUT2D eigenvalue weighted by molar-refractivity contribution is -0.120. The highest BCUT2D eigenvalue weighted by molar-refractivity contribution is 6.22. The first-order valence-corrected chi connectivity index (χ1v) is 12.7. The number of carbonyl (C=O) groups is 3. The Balaban J connectivity index is 1.37. The fraction of sp³-hybridized carbons (Fsp3) is 0.233. The van der Waals surface area contributed by atoms with Gasteiger partial charge in [0.05, 0.1) is 12.3 Å². The molecule has 3 aromatic carbocycles. The van der Waals surface area contributed by atoms with Crippen LogP contribution < -0.4 is 10.2 Å². The number of urea groups is 1. The number of carbonyl (C=O) groups excluding carboxylic acids is 3. The van der Waals surface area contributed by atoms with Crippen molar-refractivity contribution in [3.05, 3.63) is 101 Å². The molecule has 4 aromatic rings. The number of benzene rings is 3. The summed E-state index contributed by atoms with van der Waals surface area (Å²) in [5.41, 5.74) is 5.96. The number of fused-ring (bicyclic) bond motifs is 4. The van der Waals surface area contributed by atoms with Gasteiger partial charge in [0.1, 0.15) is 12.1 Å². The second kappa shape index (κ2) is 9.46. The lowest BCUT2D eigenvalue weighted by atomic mass is 9.88. The summed E-state index contributed by atoms with van der Waals surface area (Å²) in [5.74, 6) is -0.504. The van der Waals surface area contributed by atoms with Gasteiger partial charge in [0.2, 0.25) is 0 Å². The van der Waals surface area contributed by atoms with E-state index in [1.54, 1.807) is 36.3 Å². The van der Waals surface area contributed by atoms with Crippen LogP contribution in [0.25, 0.3) is 10.9 Å². The highest BCUT2D eigenvalue weighted by Gasteiger charge is 2.53. The number of anilines is 1. The molecule has 4 amide bonds. The molecular weight excluding hydrogens is 480 g/mol. The Hall–Kier alpha value is -4.43. The van der Waals surface area contributed by atoms with Gasteiger partial charge < -0.3 is 15.0 Å². The van der Waals surface area contributed by atoms with Gasteiger partial charge in [-0.15, -0.1) is 0 Å². The molecule has 192 valence electrons. The van der Waals surface area contributed by atoms with Gasteiger partial charge >= 0.3 is 6.03 Å². The average Bonchev–Trinajstić information content (AvgIpc) is 3.42. The molecule has 0 spiro atoms. The normalized spacial score (nSPS) is 18.6. The zero-order valence-corrected chi connectivity index (χ0v) is 21.2. The summed E-state index contributed by atoms with van der Waals surface area (Å²) in [6, 6.07) is 21.3. The Morgan fingerprint density at radius 2 is 1.76 bits per heavy atom. The van der Waals surface area contributed by atoms with Gasteiger partial charge in [-0.3, -0.25) is 14.5 Å². The molecule has 1 fully saturated rings. The number of methoxy groups -OCH3 is 1. The van der Waals surface area contributed by atoms with Crippen molar-refractivity contribution in [2.75, 3.05) is 25.2 Å². The average molecular weight is 509 g/mol. The zero-order chi connectivity index (χ0) is 26.4. The van der Waals surface area contributed by atoms with Crippen molar-refractivity contribution in [2.24, 2.45) is 0 Å². The van der Waals surface area contributed by atoms with Crippen LogP contribution in [0.5, 0.6) is 0 Å². The minimum absolute atomic E-state index is 0.241. The van der Waals surface area contributed by atoms with Crippen molar-refractivity contribution < 1.29 is 19.1 Å². The van der Waals surface area contributed by atoms with Crippen LogP contribution in [0.1, 0.15) is 38.8 Å². The smallest absolute Gasteiger partial charge is 0.332 e. The zero-order valence-electron chi connectivity index (χ0n) is 21.2. The molecule has 2 aliphatic heterocycles. The lowest BCUT2D eigenvalue weighted by Gasteiger charge is -2.36. The van der Waals surface area contributed by atoms with Gasteiger partial charge in [-0.05, 0) is 48.4 Å². The predicted octanol–water partition coefficient (Wildman–Crippen LogP) is 4.34. The largest absolute Gasteiger partial charge is 0.383 e. The molecule has 0 bridgehead atoms. The Kier molecular flexibility index (Phi) is 5.96. The summed E-state index contributed by atoms with van der Waals surface area (Å²) in [5, 5.41) is 3.84. The second-order valence-corrected chi connectivity index (χ2v) is 9.76. The van der Waals surface area contributed by atoms with Crippen LogP contribution in [-0.2, 0) is 16.0 Å². The van der Waals surface area contributed by atoms with Crippen LogP contribution in [0.3, 0.4) is 0 Å². The molecule has 38 heavy (non-hydrogen) atoms. The Bertz CT molecular complexity index is 1540. The number of aryl methyl sites for hydroxylation is 1. The summed E-state index contributed by atoms with van der Waals surface area (Å²) in [7, 11) is 1.57. The van der Waals surface area contributed by atoms with Crippen molar-refractivity contribution in [1.82, 2.24) is 15.2 Å². The quantitative estimate of drug-likeness (QED) is 0.299. The van der Waals surface area contributed by atoms with Crippen molar-refractivity contribution in [2.45, 2.75) is 25.4 Å². The third-order valence-corrected chi connectivity index (χ3v) is 7.42. The minimum Gasteiger partial charge on any atom is -0.383 e. The van der Waals surface area contributed by atoms with E-state index in [4.69, 9.17) is 4.74 Å². The first kappa shape index (κ1) is 23.9. The number of nitrogens with zero attached hydrogens (tertiary/aromatic N) is 2. The summed E-state index contributed by atoms with van der Waals surface area (Å²) < 4.78 is 4.97. The standard InChI is InChI=1S/C30H28N4O4/c1-18-7-9-19(10-8-18)27-26-23(22-5-3-4-6-24(22)32-26)17-25-29(36)33(30(37)34(25)27)21-13-11-20(12-14-21)28(35)31-15-16-38-2/h3-14,25,27,32H,15-17H2,1-2H3,(H,31,35)/t25-,27?/m0/s1. The molecule has 1 saturated heterocycles. The number of aromatic amines is 1. The fourth-order valence-electron chi connectivity index (χ4n) is 5.54. The van der Waals surface area contributed by atoms with Gasteiger partial charge in [0.15, 0.2) is 0 Å². The summed E-state index contributed by atoms with van der Waals surface area (Å²) in [4.78, 5) is 46.6. The molecule has 6 rings (SSSR count). The highest BCUT2D eigenvalue weighted by atomic mass is 16.5. The third kappa shape index (κ3) is 3.85. The molecule has 8 heteroatoms. The molecule has 0 radical (unpaired) electrons. The molecule has 2 atom stereocenters. The first-order valence-electron chi connectivity index (χ1n) is 12.7. The van der Waals surface area contributed by atoms with E-state index in [-0.39, 0.29) is 17.8 Å². The Labute approximate surface area is 220 Å². The second-order valence-electron chi connectivity index (χ2n) is 9.76. The maximum absolute atomic E-state index is 13.9. The first-order chi connectivity index (χ1) is 18.5. The van der Waals surface area contributed by atoms with E-state index in [9.17, 15) is 14.4 Å². The summed E-state index contributed by atoms with van der Waals surface area (Å²) in [6.45, 7) is 2.83. The van der Waals surface area contributed by atoms with Crippen molar-refractivity contribution in [3.8, 4) is 0 Å². The van der Waals surface area contributed by atoms with E-state index in [1.807, 2.05) is 49.4 Å². The van der Waals surface area contributed by atoms with Crippen LogP contribution in [0, 0.1) is 6.92 Å². The summed E-state index contributed by atoms with van der Waals surface area (Å²) in [6.07, 6.45) is 0.433. The number of ether oxygens (including phenoxy) is 1. The monoisotopic (exact) mass is 508 g/mol. The van der Waals surface area contributed by atoms with Crippen molar-refractivity contribution in [3.63, 3.8) is 0 Å². The number of rotatable bonds is 6. The summed E-state index contributed by atoms with van der Waals surface area (Å²) >= 11 is 0. The van der Waals surface area contributed by atoms with E-state index in [2.05, 4.69) is 16.4 Å². The van der Waals surface area contributed by atoms with E-state index < -0.39 is 12.1 Å². The molecule has 2 N–H and O–H groups in total. The predicted molar refractivity (Wildman–Crippen MR) is 144 cm³/mol. The molecule has 3 heterocycles. The number of imide groups is 1. The number of nitrogens with one attached hydrogen (secondary N) is 2. The van der Waals surface area contributed by atoms with E-state index in [0.29, 0.717) is 30.8 Å². The van der Waals surface area contributed by atoms with Gasteiger partial charge in [0.25, 0.3) is 11.8 Å².